The van der Waals surface area contributed by atoms with E-state index in [1.807, 2.05) is 6.92 Å². The van der Waals surface area contributed by atoms with E-state index in [4.69, 9.17) is 26.8 Å². The maximum Gasteiger partial charge on any atom is 0.250 e. The lowest BCUT2D eigenvalue weighted by Gasteiger charge is -2.08. The highest BCUT2D eigenvalue weighted by Gasteiger charge is 2.06. The van der Waals surface area contributed by atoms with E-state index in [0.717, 1.165) is 0 Å². The Morgan fingerprint density at radius 1 is 1.39 bits per heavy atom. The fourth-order valence-corrected chi connectivity index (χ4v) is 1.42. The van der Waals surface area contributed by atoms with E-state index in [9.17, 15) is 4.79 Å². The number of carbonyl (C=O) groups is 1. The number of hydrogen-bond acceptors (Lipinski definition) is 4. The largest absolute Gasteiger partial charge is 0.399 e. The van der Waals surface area contributed by atoms with Crippen molar-refractivity contribution in [3.8, 4) is 0 Å². The first-order valence-corrected chi connectivity index (χ1v) is 6.01. The van der Waals surface area contributed by atoms with Crippen LogP contribution in [0.15, 0.2) is 18.2 Å². The van der Waals surface area contributed by atoms with Gasteiger partial charge >= 0.3 is 0 Å². The molecule has 0 radical (unpaired) electrons. The summed E-state index contributed by atoms with van der Waals surface area (Å²) in [6.45, 7) is 3.34. The van der Waals surface area contributed by atoms with Crippen LogP contribution < -0.4 is 11.1 Å². The molecule has 0 bridgehead atoms. The molecule has 1 aromatic rings. The number of nitrogens with two attached hydrogens (primary N) is 1. The van der Waals surface area contributed by atoms with E-state index in [0.29, 0.717) is 36.2 Å². The second-order valence-corrected chi connectivity index (χ2v) is 3.94. The molecule has 6 heteroatoms. The van der Waals surface area contributed by atoms with Crippen molar-refractivity contribution >= 4 is 28.9 Å². The Labute approximate surface area is 111 Å². The second-order valence-electron chi connectivity index (χ2n) is 3.54. The topological polar surface area (TPSA) is 73.6 Å². The van der Waals surface area contributed by atoms with Gasteiger partial charge in [-0.15, -0.1) is 0 Å². The van der Waals surface area contributed by atoms with Crippen LogP contribution in [0.25, 0.3) is 0 Å². The predicted molar refractivity (Wildman–Crippen MR) is 71.8 cm³/mol. The molecule has 0 aliphatic rings. The lowest BCUT2D eigenvalue weighted by molar-refractivity contribution is -0.121. The van der Waals surface area contributed by atoms with Crippen LogP contribution in [0.2, 0.25) is 5.02 Å². The minimum atomic E-state index is -0.279. The van der Waals surface area contributed by atoms with Crippen molar-refractivity contribution in [2.75, 3.05) is 37.5 Å². The lowest BCUT2D eigenvalue weighted by atomic mass is 10.3. The highest BCUT2D eigenvalue weighted by atomic mass is 35.5. The summed E-state index contributed by atoms with van der Waals surface area (Å²) in [5.74, 6) is -0.279. The van der Waals surface area contributed by atoms with Crippen molar-refractivity contribution in [3.63, 3.8) is 0 Å². The summed E-state index contributed by atoms with van der Waals surface area (Å²) in [6, 6.07) is 4.89. The van der Waals surface area contributed by atoms with Gasteiger partial charge in [0, 0.05) is 12.3 Å². The molecule has 0 saturated carbocycles. The van der Waals surface area contributed by atoms with E-state index in [2.05, 4.69) is 5.32 Å². The van der Waals surface area contributed by atoms with Crippen molar-refractivity contribution < 1.29 is 14.3 Å². The van der Waals surface area contributed by atoms with Gasteiger partial charge in [0.05, 0.1) is 23.9 Å². The van der Waals surface area contributed by atoms with Crippen LogP contribution in [-0.4, -0.2) is 32.3 Å². The number of nitrogen functional groups attached to an aromatic ring is 1. The average Bonchev–Trinajstić information content (AvgIpc) is 2.33. The summed E-state index contributed by atoms with van der Waals surface area (Å²) in [4.78, 5) is 11.5. The van der Waals surface area contributed by atoms with Crippen molar-refractivity contribution in [1.29, 1.82) is 0 Å². The van der Waals surface area contributed by atoms with Crippen molar-refractivity contribution in [2.24, 2.45) is 0 Å². The Bertz CT molecular complexity index is 399. The first kappa shape index (κ1) is 14.8. The fraction of sp³-hybridized carbons (Fsp3) is 0.417. The molecule has 0 unspecified atom stereocenters. The van der Waals surface area contributed by atoms with Crippen molar-refractivity contribution in [2.45, 2.75) is 6.92 Å². The number of amides is 1. The minimum absolute atomic E-state index is 0.0435. The van der Waals surface area contributed by atoms with Crippen LogP contribution in [0.3, 0.4) is 0 Å². The number of anilines is 2. The van der Waals surface area contributed by atoms with E-state index >= 15 is 0 Å². The standard InChI is InChI=1S/C12H17ClN2O3/c1-2-17-5-6-18-8-12(16)15-11-7-9(14)3-4-10(11)13/h3-4,7H,2,5-6,8,14H2,1H3,(H,15,16). The number of halogens is 1. The maximum atomic E-state index is 11.5. The number of carbonyl (C=O) groups excluding carboxylic acids is 1. The summed E-state index contributed by atoms with van der Waals surface area (Å²) in [6.07, 6.45) is 0. The summed E-state index contributed by atoms with van der Waals surface area (Å²) >= 11 is 5.91. The van der Waals surface area contributed by atoms with Gasteiger partial charge in [-0.25, -0.2) is 0 Å². The number of benzene rings is 1. The zero-order valence-electron chi connectivity index (χ0n) is 10.2. The van der Waals surface area contributed by atoms with E-state index in [-0.39, 0.29) is 12.5 Å². The molecule has 0 spiro atoms. The molecule has 0 fully saturated rings. The van der Waals surface area contributed by atoms with Gasteiger partial charge in [-0.05, 0) is 25.1 Å². The molecule has 0 aliphatic heterocycles. The zero-order valence-corrected chi connectivity index (χ0v) is 11.0. The SMILES string of the molecule is CCOCCOCC(=O)Nc1cc(N)ccc1Cl. The van der Waals surface area contributed by atoms with Crippen molar-refractivity contribution in [3.05, 3.63) is 23.2 Å². The molecule has 100 valence electrons. The van der Waals surface area contributed by atoms with Gasteiger partial charge < -0.3 is 20.5 Å². The number of hydrogen-bond donors (Lipinski definition) is 2. The Morgan fingerprint density at radius 3 is 2.83 bits per heavy atom. The van der Waals surface area contributed by atoms with Gasteiger partial charge in [0.25, 0.3) is 0 Å². The van der Waals surface area contributed by atoms with Crippen LogP contribution in [-0.2, 0) is 14.3 Å². The Balaban J connectivity index is 2.33. The van der Waals surface area contributed by atoms with Gasteiger partial charge in [-0.2, -0.15) is 0 Å². The Morgan fingerprint density at radius 2 is 2.11 bits per heavy atom. The summed E-state index contributed by atoms with van der Waals surface area (Å²) in [5.41, 5.74) is 6.62. The predicted octanol–water partition coefficient (Wildman–Crippen LogP) is 1.91. The molecule has 0 aliphatic carbocycles. The number of nitrogens with one attached hydrogen (secondary N) is 1. The van der Waals surface area contributed by atoms with Gasteiger partial charge in [0.1, 0.15) is 6.61 Å². The smallest absolute Gasteiger partial charge is 0.250 e. The first-order chi connectivity index (χ1) is 8.63. The Kier molecular flexibility index (Phi) is 6.49. The van der Waals surface area contributed by atoms with E-state index in [1.165, 1.54) is 0 Å². The molecule has 0 heterocycles. The fourth-order valence-electron chi connectivity index (χ4n) is 1.25. The molecule has 0 saturated heterocycles. The lowest BCUT2D eigenvalue weighted by Crippen LogP contribution is -2.20. The molecule has 3 N–H and O–H groups in total. The monoisotopic (exact) mass is 272 g/mol. The van der Waals surface area contributed by atoms with Crippen LogP contribution in [0.5, 0.6) is 0 Å². The third-order valence-corrected chi connectivity index (χ3v) is 2.40. The second kappa shape index (κ2) is 7.92. The van der Waals surface area contributed by atoms with Gasteiger partial charge in [-0.1, -0.05) is 11.6 Å². The molecular formula is C12H17ClN2O3. The van der Waals surface area contributed by atoms with Gasteiger partial charge in [0.15, 0.2) is 0 Å². The van der Waals surface area contributed by atoms with Crippen LogP contribution in [0.1, 0.15) is 6.92 Å². The third-order valence-electron chi connectivity index (χ3n) is 2.07. The molecule has 0 aromatic heterocycles. The highest BCUT2D eigenvalue weighted by Crippen LogP contribution is 2.23. The number of ether oxygens (including phenoxy) is 2. The van der Waals surface area contributed by atoms with Crippen LogP contribution >= 0.6 is 11.6 Å². The summed E-state index contributed by atoms with van der Waals surface area (Å²) < 4.78 is 10.2. The minimum Gasteiger partial charge on any atom is -0.399 e. The third kappa shape index (κ3) is 5.35. The van der Waals surface area contributed by atoms with Crippen LogP contribution in [0, 0.1) is 0 Å². The average molecular weight is 273 g/mol. The zero-order chi connectivity index (χ0) is 13.4. The molecule has 0 atom stereocenters. The van der Waals surface area contributed by atoms with Crippen molar-refractivity contribution in [1.82, 2.24) is 0 Å². The molecular weight excluding hydrogens is 256 g/mol. The maximum absolute atomic E-state index is 11.5. The molecule has 1 rings (SSSR count). The van der Waals surface area contributed by atoms with Gasteiger partial charge in [0.2, 0.25) is 5.91 Å². The normalized spacial score (nSPS) is 10.3. The molecule has 18 heavy (non-hydrogen) atoms. The first-order valence-electron chi connectivity index (χ1n) is 5.64. The summed E-state index contributed by atoms with van der Waals surface area (Å²) in [7, 11) is 0. The van der Waals surface area contributed by atoms with Gasteiger partial charge in [-0.3, -0.25) is 4.79 Å². The number of rotatable bonds is 7. The van der Waals surface area contributed by atoms with Crippen LogP contribution in [0.4, 0.5) is 11.4 Å². The molecule has 1 aromatic carbocycles. The molecule has 5 nitrogen and oxygen atoms in total. The van der Waals surface area contributed by atoms with E-state index in [1.54, 1.807) is 18.2 Å². The Hall–Kier alpha value is -1.30. The quantitative estimate of drug-likeness (QED) is 0.587. The van der Waals surface area contributed by atoms with E-state index < -0.39 is 0 Å². The highest BCUT2D eigenvalue weighted by molar-refractivity contribution is 6.33. The summed E-state index contributed by atoms with van der Waals surface area (Å²) in [5, 5.41) is 3.06. The molecule has 1 amide bonds.